The minimum atomic E-state index is -0.220. The fourth-order valence-electron chi connectivity index (χ4n) is 4.78. The molecule has 0 spiro atoms. The molecular weight excluding hydrogens is 405 g/mol. The smallest absolute Gasteiger partial charge is 0.251 e. The van der Waals surface area contributed by atoms with E-state index in [-0.39, 0.29) is 17.8 Å². The minimum absolute atomic E-state index is 0.110. The highest BCUT2D eigenvalue weighted by atomic mass is 19.1. The van der Waals surface area contributed by atoms with Crippen LogP contribution in [0.1, 0.15) is 53.5 Å². The molecule has 2 aromatic heterocycles. The average Bonchev–Trinajstić information content (AvgIpc) is 3.26. The number of aromatic amines is 1. The second-order valence-corrected chi connectivity index (χ2v) is 8.48. The molecule has 3 heterocycles. The molecule has 1 unspecified atom stereocenters. The summed E-state index contributed by atoms with van der Waals surface area (Å²) in [6.45, 7) is 4.03. The van der Waals surface area contributed by atoms with Gasteiger partial charge in [0.1, 0.15) is 11.6 Å². The summed E-state index contributed by atoms with van der Waals surface area (Å²) in [5.74, 6) is 0.962. The number of likely N-dealkylation sites (tertiary alicyclic amines) is 1. The number of amides is 1. The second kappa shape index (κ2) is 8.31. The van der Waals surface area contributed by atoms with Crippen LogP contribution < -0.4 is 5.32 Å². The lowest BCUT2D eigenvalue weighted by Crippen LogP contribution is -2.35. The Morgan fingerprint density at radius 2 is 1.94 bits per heavy atom. The van der Waals surface area contributed by atoms with Gasteiger partial charge in [0.15, 0.2) is 0 Å². The van der Waals surface area contributed by atoms with Crippen molar-refractivity contribution in [3.63, 3.8) is 0 Å². The van der Waals surface area contributed by atoms with Gasteiger partial charge in [-0.05, 0) is 86.8 Å². The Labute approximate surface area is 185 Å². The number of benzene rings is 2. The van der Waals surface area contributed by atoms with E-state index in [9.17, 15) is 9.18 Å². The molecule has 2 N–H and O–H groups in total. The maximum absolute atomic E-state index is 13.8. The van der Waals surface area contributed by atoms with Crippen molar-refractivity contribution in [1.82, 2.24) is 25.2 Å². The molecule has 4 aromatic rings. The number of hydrogen-bond donors (Lipinski definition) is 2. The molecule has 164 valence electrons. The summed E-state index contributed by atoms with van der Waals surface area (Å²) in [5, 5.41) is 3.57. The third kappa shape index (κ3) is 3.73. The number of carbonyl (C=O) groups is 1. The number of nitrogens with one attached hydrogen (secondary N) is 2. The Balaban J connectivity index is 1.32. The highest BCUT2D eigenvalue weighted by molar-refractivity contribution is 5.97. The third-order valence-electron chi connectivity index (χ3n) is 6.64. The standard InChI is InChI=1S/C25H26FN5O/c1-15(24-29-22-5-3-17(25(32)27-2)13-23(22)30-24)31-11-8-16(9-12-31)19-7-10-28-21-6-4-18(26)14-20(19)21/h3-7,10,13-16H,8-9,11-12H2,1-2H3,(H,27,32)(H,29,30). The van der Waals surface area contributed by atoms with E-state index in [2.05, 4.69) is 27.1 Å². The molecule has 1 aliphatic rings. The molecule has 1 saturated heterocycles. The maximum atomic E-state index is 13.8. The van der Waals surface area contributed by atoms with Gasteiger partial charge in [-0.3, -0.25) is 14.7 Å². The van der Waals surface area contributed by atoms with E-state index < -0.39 is 0 Å². The average molecular weight is 432 g/mol. The predicted molar refractivity (Wildman–Crippen MR) is 123 cm³/mol. The summed E-state index contributed by atoms with van der Waals surface area (Å²) < 4.78 is 13.8. The zero-order valence-corrected chi connectivity index (χ0v) is 18.2. The third-order valence-corrected chi connectivity index (χ3v) is 6.64. The summed E-state index contributed by atoms with van der Waals surface area (Å²) in [4.78, 5) is 26.9. The lowest BCUT2D eigenvalue weighted by Gasteiger charge is -2.35. The number of halogens is 1. The summed E-state index contributed by atoms with van der Waals surface area (Å²) in [7, 11) is 1.63. The Hall–Kier alpha value is -3.32. The van der Waals surface area contributed by atoms with Crippen molar-refractivity contribution in [2.75, 3.05) is 20.1 Å². The monoisotopic (exact) mass is 431 g/mol. The lowest BCUT2D eigenvalue weighted by atomic mass is 9.87. The first-order chi connectivity index (χ1) is 15.5. The molecule has 6 nitrogen and oxygen atoms in total. The molecule has 32 heavy (non-hydrogen) atoms. The van der Waals surface area contributed by atoms with Crippen LogP contribution in [0.3, 0.4) is 0 Å². The van der Waals surface area contributed by atoms with Gasteiger partial charge < -0.3 is 10.3 Å². The summed E-state index contributed by atoms with van der Waals surface area (Å²) in [6, 6.07) is 12.5. The van der Waals surface area contributed by atoms with E-state index in [1.807, 2.05) is 24.4 Å². The van der Waals surface area contributed by atoms with Crippen molar-refractivity contribution < 1.29 is 9.18 Å². The number of H-pyrrole nitrogens is 1. The van der Waals surface area contributed by atoms with Gasteiger partial charge >= 0.3 is 0 Å². The predicted octanol–water partition coefficient (Wildman–Crippen LogP) is 4.55. The first-order valence-electron chi connectivity index (χ1n) is 11.0. The van der Waals surface area contributed by atoms with E-state index in [1.54, 1.807) is 25.2 Å². The van der Waals surface area contributed by atoms with Gasteiger partial charge in [0.2, 0.25) is 0 Å². The summed E-state index contributed by atoms with van der Waals surface area (Å²) >= 11 is 0. The number of fused-ring (bicyclic) bond motifs is 2. The maximum Gasteiger partial charge on any atom is 0.251 e. The van der Waals surface area contributed by atoms with Gasteiger partial charge in [-0.2, -0.15) is 0 Å². The van der Waals surface area contributed by atoms with Crippen LogP contribution in [-0.2, 0) is 0 Å². The van der Waals surface area contributed by atoms with Crippen molar-refractivity contribution in [2.24, 2.45) is 0 Å². The first-order valence-corrected chi connectivity index (χ1v) is 11.0. The molecule has 7 heteroatoms. The van der Waals surface area contributed by atoms with Crippen molar-refractivity contribution in [3.05, 3.63) is 71.4 Å². The number of nitrogens with zero attached hydrogens (tertiary/aromatic N) is 3. The van der Waals surface area contributed by atoms with Crippen molar-refractivity contribution in [2.45, 2.75) is 31.7 Å². The zero-order chi connectivity index (χ0) is 22.2. The fraction of sp³-hybridized carbons (Fsp3) is 0.320. The first kappa shape index (κ1) is 20.6. The summed E-state index contributed by atoms with van der Waals surface area (Å²) in [5.41, 5.74) is 4.38. The van der Waals surface area contributed by atoms with Gasteiger partial charge in [-0.15, -0.1) is 0 Å². The van der Waals surface area contributed by atoms with Crippen LogP contribution in [0.2, 0.25) is 0 Å². The molecule has 0 aliphatic carbocycles. The van der Waals surface area contributed by atoms with Gasteiger partial charge in [0.05, 0.1) is 22.6 Å². The van der Waals surface area contributed by atoms with Gasteiger partial charge in [-0.1, -0.05) is 0 Å². The molecule has 0 radical (unpaired) electrons. The fourth-order valence-corrected chi connectivity index (χ4v) is 4.78. The Morgan fingerprint density at radius 3 is 2.72 bits per heavy atom. The van der Waals surface area contributed by atoms with E-state index in [0.717, 1.165) is 53.7 Å². The van der Waals surface area contributed by atoms with Crippen molar-refractivity contribution in [1.29, 1.82) is 0 Å². The number of rotatable bonds is 4. The van der Waals surface area contributed by atoms with Crippen LogP contribution in [0.25, 0.3) is 21.9 Å². The molecule has 1 aliphatic heterocycles. The number of aromatic nitrogens is 3. The highest BCUT2D eigenvalue weighted by Gasteiger charge is 2.27. The van der Waals surface area contributed by atoms with Gasteiger partial charge in [-0.25, -0.2) is 9.37 Å². The molecule has 5 rings (SSSR count). The van der Waals surface area contributed by atoms with Crippen LogP contribution in [0, 0.1) is 5.82 Å². The topological polar surface area (TPSA) is 73.9 Å². The molecule has 1 atom stereocenters. The number of piperidine rings is 1. The molecular formula is C25H26FN5O. The Bertz CT molecular complexity index is 1290. The second-order valence-electron chi connectivity index (χ2n) is 8.48. The zero-order valence-electron chi connectivity index (χ0n) is 18.2. The highest BCUT2D eigenvalue weighted by Crippen LogP contribution is 2.35. The van der Waals surface area contributed by atoms with Crippen LogP contribution in [0.5, 0.6) is 0 Å². The van der Waals surface area contributed by atoms with Crippen LogP contribution >= 0.6 is 0 Å². The van der Waals surface area contributed by atoms with E-state index >= 15 is 0 Å². The van der Waals surface area contributed by atoms with E-state index in [0.29, 0.717) is 11.5 Å². The molecule has 2 aromatic carbocycles. The van der Waals surface area contributed by atoms with E-state index in [4.69, 9.17) is 4.98 Å². The normalized spacial score (nSPS) is 16.5. The number of hydrogen-bond acceptors (Lipinski definition) is 4. The van der Waals surface area contributed by atoms with Gasteiger partial charge in [0, 0.05) is 24.2 Å². The van der Waals surface area contributed by atoms with E-state index in [1.165, 1.54) is 11.6 Å². The largest absolute Gasteiger partial charge is 0.355 e. The molecule has 1 amide bonds. The van der Waals surface area contributed by atoms with Crippen LogP contribution in [0.15, 0.2) is 48.7 Å². The van der Waals surface area contributed by atoms with Crippen LogP contribution in [-0.4, -0.2) is 45.9 Å². The van der Waals surface area contributed by atoms with Crippen molar-refractivity contribution >= 4 is 27.8 Å². The molecule has 1 fully saturated rings. The Morgan fingerprint density at radius 1 is 1.16 bits per heavy atom. The van der Waals surface area contributed by atoms with Crippen molar-refractivity contribution in [3.8, 4) is 0 Å². The molecule has 0 bridgehead atoms. The number of imidazole rings is 1. The molecule has 0 saturated carbocycles. The number of carbonyl (C=O) groups excluding carboxylic acids is 1. The quantitative estimate of drug-likeness (QED) is 0.497. The minimum Gasteiger partial charge on any atom is -0.355 e. The summed E-state index contributed by atoms with van der Waals surface area (Å²) in [6.07, 6.45) is 3.83. The SMILES string of the molecule is CNC(=O)c1ccc2nc(C(C)N3CCC(c4ccnc5ccc(F)cc45)CC3)[nH]c2c1. The Kier molecular flexibility index (Phi) is 5.35. The number of pyridine rings is 1. The lowest BCUT2D eigenvalue weighted by molar-refractivity contribution is 0.0963. The van der Waals surface area contributed by atoms with Gasteiger partial charge in [0.25, 0.3) is 5.91 Å². The van der Waals surface area contributed by atoms with Crippen LogP contribution in [0.4, 0.5) is 4.39 Å².